The molecule has 28 heavy (non-hydrogen) atoms. The van der Waals surface area contributed by atoms with Crippen LogP contribution in [-0.4, -0.2) is 36.6 Å². The van der Waals surface area contributed by atoms with Gasteiger partial charge in [0.2, 0.25) is 5.03 Å². The molecule has 1 aromatic heterocycles. The second kappa shape index (κ2) is 7.94. The Morgan fingerprint density at radius 3 is 2.14 bits per heavy atom. The Morgan fingerprint density at radius 2 is 1.71 bits per heavy atom. The molecular formula is C18H39FN4O2SSi2. The SMILES string of the molecule is C[C@H](Cn1cc(F)c(S(N)(=O)=N[Si](C)(C)C(C)(C)C)n1)O[Si](C)(C)C(C)(C)C. The van der Waals surface area contributed by atoms with Gasteiger partial charge in [-0.2, -0.15) is 5.10 Å². The van der Waals surface area contributed by atoms with Crippen molar-refractivity contribution >= 4 is 26.5 Å². The average molecular weight is 451 g/mol. The Labute approximate surface area is 173 Å². The van der Waals surface area contributed by atoms with Crippen LogP contribution in [0.1, 0.15) is 48.5 Å². The summed E-state index contributed by atoms with van der Waals surface area (Å²) in [5, 5.41) is 9.82. The lowest BCUT2D eigenvalue weighted by Gasteiger charge is -2.38. The average Bonchev–Trinajstić information content (AvgIpc) is 2.75. The second-order valence-electron chi connectivity index (χ2n) is 10.7. The minimum absolute atomic E-state index is 0.0788. The molecule has 0 amide bonds. The second-order valence-corrected chi connectivity index (χ2v) is 22.3. The maximum absolute atomic E-state index is 14.5. The predicted octanol–water partition coefficient (Wildman–Crippen LogP) is 5.14. The number of nitrogens with two attached hydrogens (primary N) is 1. The van der Waals surface area contributed by atoms with Crippen LogP contribution in [-0.2, 0) is 20.9 Å². The van der Waals surface area contributed by atoms with Gasteiger partial charge in [0.25, 0.3) is 0 Å². The molecule has 0 spiro atoms. The Kier molecular flexibility index (Phi) is 7.22. The minimum Gasteiger partial charge on any atom is -0.412 e. The summed E-state index contributed by atoms with van der Waals surface area (Å²) >= 11 is 0. The predicted molar refractivity (Wildman–Crippen MR) is 120 cm³/mol. The molecule has 1 aromatic rings. The van der Waals surface area contributed by atoms with Crippen molar-refractivity contribution in [2.75, 3.05) is 0 Å². The maximum Gasteiger partial charge on any atom is 0.206 e. The zero-order chi connectivity index (χ0) is 22.3. The first-order chi connectivity index (χ1) is 12.2. The zero-order valence-corrected chi connectivity index (χ0v) is 22.2. The summed E-state index contributed by atoms with van der Waals surface area (Å²) in [6.07, 6.45) is 1.08. The lowest BCUT2D eigenvalue weighted by molar-refractivity contribution is 0.173. The van der Waals surface area contributed by atoms with Gasteiger partial charge in [-0.05, 0) is 43.2 Å². The summed E-state index contributed by atoms with van der Waals surface area (Å²) in [4.78, 5) is 0. The molecule has 0 aliphatic carbocycles. The third kappa shape index (κ3) is 5.97. The number of nitrogens with zero attached hydrogens (tertiary/aromatic N) is 3. The van der Waals surface area contributed by atoms with Gasteiger partial charge in [0.1, 0.15) is 9.92 Å². The van der Waals surface area contributed by atoms with Gasteiger partial charge in [0, 0.05) is 0 Å². The van der Waals surface area contributed by atoms with Crippen LogP contribution in [0.15, 0.2) is 15.3 Å². The highest BCUT2D eigenvalue weighted by molar-refractivity contribution is 7.92. The first kappa shape index (κ1) is 25.5. The van der Waals surface area contributed by atoms with E-state index in [0.29, 0.717) is 6.54 Å². The molecular weight excluding hydrogens is 411 g/mol. The molecule has 1 unspecified atom stereocenters. The van der Waals surface area contributed by atoms with Gasteiger partial charge in [-0.25, -0.2) is 13.7 Å². The van der Waals surface area contributed by atoms with Gasteiger partial charge < -0.3 is 4.43 Å². The van der Waals surface area contributed by atoms with Gasteiger partial charge >= 0.3 is 0 Å². The molecule has 0 aliphatic rings. The Morgan fingerprint density at radius 1 is 1.21 bits per heavy atom. The molecule has 0 aliphatic heterocycles. The van der Waals surface area contributed by atoms with Crippen molar-refractivity contribution in [3.05, 3.63) is 12.0 Å². The summed E-state index contributed by atoms with van der Waals surface area (Å²) in [7, 11) is -7.69. The number of halogens is 1. The third-order valence-electron chi connectivity index (χ3n) is 5.91. The number of rotatable bonds is 6. The highest BCUT2D eigenvalue weighted by Crippen LogP contribution is 2.38. The van der Waals surface area contributed by atoms with Crippen LogP contribution < -0.4 is 5.14 Å². The van der Waals surface area contributed by atoms with E-state index in [1.807, 2.05) is 40.8 Å². The molecule has 6 nitrogen and oxygen atoms in total. The highest BCUT2D eigenvalue weighted by atomic mass is 32.2. The molecule has 10 heteroatoms. The first-order valence-corrected chi connectivity index (χ1v) is 17.1. The van der Waals surface area contributed by atoms with Gasteiger partial charge in [-0.3, -0.25) is 8.71 Å². The van der Waals surface area contributed by atoms with E-state index in [9.17, 15) is 8.60 Å². The quantitative estimate of drug-likeness (QED) is 0.609. The fourth-order valence-corrected chi connectivity index (χ4v) is 8.31. The van der Waals surface area contributed by atoms with E-state index in [1.54, 1.807) is 0 Å². The molecule has 0 radical (unpaired) electrons. The maximum atomic E-state index is 14.5. The van der Waals surface area contributed by atoms with E-state index >= 15 is 0 Å². The normalized spacial score (nSPS) is 17.3. The zero-order valence-electron chi connectivity index (χ0n) is 19.4. The van der Waals surface area contributed by atoms with Crippen molar-refractivity contribution in [1.82, 2.24) is 9.78 Å². The molecule has 2 N–H and O–H groups in total. The smallest absolute Gasteiger partial charge is 0.206 e. The van der Waals surface area contributed by atoms with E-state index < -0.39 is 32.3 Å². The van der Waals surface area contributed by atoms with Gasteiger partial charge in [0.15, 0.2) is 22.4 Å². The Hall–Kier alpha value is -0.556. The fourth-order valence-electron chi connectivity index (χ4n) is 2.17. The van der Waals surface area contributed by atoms with Crippen LogP contribution >= 0.6 is 0 Å². The number of hydrogen-bond acceptors (Lipinski definition) is 4. The third-order valence-corrected chi connectivity index (χ3v) is 17.9. The van der Waals surface area contributed by atoms with Crippen molar-refractivity contribution in [3.63, 3.8) is 0 Å². The number of hydrogen-bond donors (Lipinski definition) is 1. The van der Waals surface area contributed by atoms with E-state index in [-0.39, 0.29) is 21.2 Å². The number of aromatic nitrogens is 2. The van der Waals surface area contributed by atoms with Crippen molar-refractivity contribution in [2.24, 2.45) is 9.17 Å². The van der Waals surface area contributed by atoms with Crippen LogP contribution in [0.5, 0.6) is 0 Å². The van der Waals surface area contributed by atoms with Crippen molar-refractivity contribution in [1.29, 1.82) is 0 Å². The molecule has 1 heterocycles. The minimum atomic E-state index is -3.41. The fraction of sp³-hybridized carbons (Fsp3) is 0.833. The molecule has 164 valence electrons. The lowest BCUT2D eigenvalue weighted by Crippen LogP contribution is -2.44. The molecule has 0 aromatic carbocycles. The molecule has 0 bridgehead atoms. The van der Waals surface area contributed by atoms with Crippen LogP contribution in [0.2, 0.25) is 36.3 Å². The van der Waals surface area contributed by atoms with Crippen molar-refractivity contribution in [2.45, 2.75) is 102 Å². The Bertz CT molecular complexity index is 817. The van der Waals surface area contributed by atoms with E-state index in [1.165, 1.54) is 10.9 Å². The molecule has 0 saturated carbocycles. The van der Waals surface area contributed by atoms with Crippen LogP contribution in [0.3, 0.4) is 0 Å². The summed E-state index contributed by atoms with van der Waals surface area (Å²) in [6.45, 7) is 23.2. The molecule has 1 rings (SSSR count). The first-order valence-electron chi connectivity index (χ1n) is 9.66. The lowest BCUT2D eigenvalue weighted by atomic mass is 10.2. The van der Waals surface area contributed by atoms with E-state index in [2.05, 4.69) is 43.0 Å². The molecule has 2 atom stereocenters. The highest BCUT2D eigenvalue weighted by Gasteiger charge is 2.39. The van der Waals surface area contributed by atoms with Gasteiger partial charge in [-0.15, -0.1) is 0 Å². The standard InChI is InChI=1S/C18H39FN4O2SSi2/c1-14(25-28(10,11)18(5,6)7)12-23-13-15(19)16(21-23)26(20,24)22-27(8,9)17(2,3)4/h13-14H,12H2,1-11H3,(H2,20,22,24)/t14-,26?/m1/s1. The van der Waals surface area contributed by atoms with Crippen LogP contribution in [0.4, 0.5) is 4.39 Å². The topological polar surface area (TPSA) is 82.5 Å². The van der Waals surface area contributed by atoms with Crippen LogP contribution in [0, 0.1) is 5.82 Å². The summed E-state index contributed by atoms with van der Waals surface area (Å²) in [5.74, 6) is -0.686. The van der Waals surface area contributed by atoms with Crippen molar-refractivity contribution in [3.8, 4) is 0 Å². The van der Waals surface area contributed by atoms with Crippen molar-refractivity contribution < 1.29 is 13.0 Å². The molecule has 0 saturated heterocycles. The van der Waals surface area contributed by atoms with E-state index in [4.69, 9.17) is 9.56 Å². The summed E-state index contributed by atoms with van der Waals surface area (Å²) in [6, 6.07) is 0. The monoisotopic (exact) mass is 450 g/mol. The van der Waals surface area contributed by atoms with Gasteiger partial charge in [0.05, 0.1) is 18.8 Å². The summed E-state index contributed by atoms with van der Waals surface area (Å²) < 4.78 is 39.7. The van der Waals surface area contributed by atoms with Crippen LogP contribution in [0.25, 0.3) is 0 Å². The largest absolute Gasteiger partial charge is 0.412 e. The van der Waals surface area contributed by atoms with E-state index in [0.717, 1.165) is 0 Å². The van der Waals surface area contributed by atoms with Gasteiger partial charge in [-0.1, -0.05) is 41.5 Å². The Balaban J connectivity index is 3.13. The summed E-state index contributed by atoms with van der Waals surface area (Å²) in [5.41, 5.74) is 0. The molecule has 0 fully saturated rings.